The molecule has 58 valence electrons. The number of carbonyl (C=O) groups is 1. The average Bonchev–Trinajstić information content (AvgIpc) is 2.55. The van der Waals surface area contributed by atoms with E-state index in [9.17, 15) is 4.79 Å². The van der Waals surface area contributed by atoms with E-state index >= 15 is 0 Å². The van der Waals surface area contributed by atoms with Gasteiger partial charge >= 0.3 is 6.03 Å². The third kappa shape index (κ3) is 1.21. The first-order valence-electron chi connectivity index (χ1n) is 3.43. The molecule has 1 atom stereocenters. The van der Waals surface area contributed by atoms with E-state index in [0.29, 0.717) is 6.54 Å². The molecule has 1 aliphatic rings. The average molecular weight is 168 g/mol. The van der Waals surface area contributed by atoms with Crippen LogP contribution in [0.1, 0.15) is 11.6 Å². The second kappa shape index (κ2) is 2.54. The highest BCUT2D eigenvalue weighted by molar-refractivity contribution is 7.07. The fourth-order valence-corrected chi connectivity index (χ4v) is 1.84. The smallest absolute Gasteiger partial charge is 0.315 e. The van der Waals surface area contributed by atoms with Crippen LogP contribution in [0.15, 0.2) is 16.8 Å². The van der Waals surface area contributed by atoms with Gasteiger partial charge in [0, 0.05) is 6.54 Å². The summed E-state index contributed by atoms with van der Waals surface area (Å²) in [5, 5.41) is 9.59. The molecule has 0 bridgehead atoms. The molecule has 0 spiro atoms. The summed E-state index contributed by atoms with van der Waals surface area (Å²) < 4.78 is 0. The Morgan fingerprint density at radius 1 is 1.64 bits per heavy atom. The quantitative estimate of drug-likeness (QED) is 0.647. The number of nitrogens with one attached hydrogen (secondary N) is 2. The lowest BCUT2D eigenvalue weighted by atomic mass is 10.2. The van der Waals surface area contributed by atoms with Gasteiger partial charge in [-0.3, -0.25) is 0 Å². The first-order chi connectivity index (χ1) is 5.36. The normalized spacial score (nSPS) is 22.9. The third-order valence-electron chi connectivity index (χ3n) is 1.72. The maximum atomic E-state index is 10.7. The Hall–Kier alpha value is -1.03. The molecule has 1 aliphatic heterocycles. The number of hydrogen-bond acceptors (Lipinski definition) is 2. The van der Waals surface area contributed by atoms with Gasteiger partial charge in [-0.25, -0.2) is 4.79 Å². The Balaban J connectivity index is 2.13. The minimum absolute atomic E-state index is 0.0683. The molecular formula is C7H8N2OS. The Morgan fingerprint density at radius 2 is 2.55 bits per heavy atom. The van der Waals surface area contributed by atoms with Gasteiger partial charge in [-0.05, 0) is 22.4 Å². The Bertz CT molecular complexity index is 257. The highest BCUT2D eigenvalue weighted by atomic mass is 32.1. The lowest BCUT2D eigenvalue weighted by molar-refractivity contribution is 0.247. The molecule has 2 heterocycles. The second-order valence-electron chi connectivity index (χ2n) is 2.46. The minimum atomic E-state index is -0.0683. The molecule has 1 fully saturated rings. The van der Waals surface area contributed by atoms with Crippen LogP contribution in [0.5, 0.6) is 0 Å². The van der Waals surface area contributed by atoms with Gasteiger partial charge in [0.15, 0.2) is 0 Å². The summed E-state index contributed by atoms with van der Waals surface area (Å²) in [7, 11) is 0. The lowest BCUT2D eigenvalue weighted by Crippen LogP contribution is -2.21. The molecule has 1 saturated heterocycles. The van der Waals surface area contributed by atoms with Gasteiger partial charge in [0.1, 0.15) is 0 Å². The van der Waals surface area contributed by atoms with Gasteiger partial charge < -0.3 is 10.6 Å². The first kappa shape index (κ1) is 6.67. The molecule has 2 rings (SSSR count). The summed E-state index contributed by atoms with van der Waals surface area (Å²) in [6.07, 6.45) is 0. The summed E-state index contributed by atoms with van der Waals surface area (Å²) in [6.45, 7) is 0.704. The largest absolute Gasteiger partial charge is 0.336 e. The Morgan fingerprint density at radius 3 is 3.09 bits per heavy atom. The van der Waals surface area contributed by atoms with E-state index in [1.807, 2.05) is 11.4 Å². The molecule has 0 saturated carbocycles. The van der Waals surface area contributed by atoms with Gasteiger partial charge in [0.2, 0.25) is 0 Å². The molecule has 0 aliphatic carbocycles. The van der Waals surface area contributed by atoms with Crippen LogP contribution in [0.4, 0.5) is 4.79 Å². The van der Waals surface area contributed by atoms with Crippen molar-refractivity contribution in [3.8, 4) is 0 Å². The highest BCUT2D eigenvalue weighted by Crippen LogP contribution is 2.17. The van der Waals surface area contributed by atoms with E-state index in [1.165, 1.54) is 5.56 Å². The molecule has 2 amide bonds. The van der Waals surface area contributed by atoms with Gasteiger partial charge in [-0.15, -0.1) is 0 Å². The number of rotatable bonds is 1. The fraction of sp³-hybridized carbons (Fsp3) is 0.286. The van der Waals surface area contributed by atoms with Crippen molar-refractivity contribution in [1.29, 1.82) is 0 Å². The SMILES string of the molecule is O=C1NCC(c2ccsc2)N1. The minimum Gasteiger partial charge on any atom is -0.336 e. The van der Waals surface area contributed by atoms with Crippen LogP contribution in [-0.2, 0) is 0 Å². The van der Waals surface area contributed by atoms with E-state index in [1.54, 1.807) is 11.3 Å². The number of amides is 2. The standard InChI is InChI=1S/C7H8N2OS/c10-7-8-3-6(9-7)5-1-2-11-4-5/h1-2,4,6H,3H2,(H2,8,9,10). The van der Waals surface area contributed by atoms with E-state index < -0.39 is 0 Å². The zero-order chi connectivity index (χ0) is 7.68. The van der Waals surface area contributed by atoms with E-state index in [-0.39, 0.29) is 12.1 Å². The van der Waals surface area contributed by atoms with Crippen molar-refractivity contribution in [2.24, 2.45) is 0 Å². The van der Waals surface area contributed by atoms with Crippen molar-refractivity contribution in [2.75, 3.05) is 6.54 Å². The Kier molecular flexibility index (Phi) is 1.54. The van der Waals surface area contributed by atoms with Gasteiger partial charge in [-0.2, -0.15) is 11.3 Å². The van der Waals surface area contributed by atoms with Crippen molar-refractivity contribution in [1.82, 2.24) is 10.6 Å². The van der Waals surface area contributed by atoms with Gasteiger partial charge in [0.05, 0.1) is 6.04 Å². The van der Waals surface area contributed by atoms with Crippen LogP contribution in [0.3, 0.4) is 0 Å². The first-order valence-corrected chi connectivity index (χ1v) is 4.37. The molecule has 0 radical (unpaired) electrons. The van der Waals surface area contributed by atoms with Crippen molar-refractivity contribution in [2.45, 2.75) is 6.04 Å². The van der Waals surface area contributed by atoms with Crippen LogP contribution >= 0.6 is 11.3 Å². The molecule has 1 aromatic heterocycles. The molecular weight excluding hydrogens is 160 g/mol. The van der Waals surface area contributed by atoms with Crippen LogP contribution < -0.4 is 10.6 Å². The molecule has 3 nitrogen and oxygen atoms in total. The maximum absolute atomic E-state index is 10.7. The molecule has 1 unspecified atom stereocenters. The molecule has 4 heteroatoms. The lowest BCUT2D eigenvalue weighted by Gasteiger charge is -2.03. The van der Waals surface area contributed by atoms with Crippen LogP contribution in [0.2, 0.25) is 0 Å². The van der Waals surface area contributed by atoms with E-state index in [4.69, 9.17) is 0 Å². The van der Waals surface area contributed by atoms with E-state index in [2.05, 4.69) is 16.0 Å². The molecule has 0 aromatic carbocycles. The summed E-state index contributed by atoms with van der Waals surface area (Å²) in [5.41, 5.74) is 1.19. The number of carbonyl (C=O) groups excluding carboxylic acids is 1. The number of urea groups is 1. The second-order valence-corrected chi connectivity index (χ2v) is 3.24. The number of thiophene rings is 1. The maximum Gasteiger partial charge on any atom is 0.315 e. The summed E-state index contributed by atoms with van der Waals surface area (Å²) in [5.74, 6) is 0. The fourth-order valence-electron chi connectivity index (χ4n) is 1.13. The van der Waals surface area contributed by atoms with Gasteiger partial charge in [-0.1, -0.05) is 0 Å². The topological polar surface area (TPSA) is 41.1 Å². The van der Waals surface area contributed by atoms with Crippen LogP contribution in [0, 0.1) is 0 Å². The highest BCUT2D eigenvalue weighted by Gasteiger charge is 2.21. The van der Waals surface area contributed by atoms with Gasteiger partial charge in [0.25, 0.3) is 0 Å². The molecule has 11 heavy (non-hydrogen) atoms. The van der Waals surface area contributed by atoms with E-state index in [0.717, 1.165) is 0 Å². The Labute approximate surface area is 68.4 Å². The van der Waals surface area contributed by atoms with Crippen molar-refractivity contribution in [3.05, 3.63) is 22.4 Å². The van der Waals surface area contributed by atoms with Crippen molar-refractivity contribution >= 4 is 17.4 Å². The van der Waals surface area contributed by atoms with Crippen LogP contribution in [0.25, 0.3) is 0 Å². The third-order valence-corrected chi connectivity index (χ3v) is 2.42. The predicted octanol–water partition coefficient (Wildman–Crippen LogP) is 1.10. The predicted molar refractivity (Wildman–Crippen MR) is 43.6 cm³/mol. The summed E-state index contributed by atoms with van der Waals surface area (Å²) in [6, 6.07) is 2.14. The van der Waals surface area contributed by atoms with Crippen molar-refractivity contribution in [3.63, 3.8) is 0 Å². The monoisotopic (exact) mass is 168 g/mol. The van der Waals surface area contributed by atoms with Crippen molar-refractivity contribution < 1.29 is 4.79 Å². The zero-order valence-electron chi connectivity index (χ0n) is 5.83. The molecule has 2 N–H and O–H groups in total. The number of hydrogen-bond donors (Lipinski definition) is 2. The summed E-state index contributed by atoms with van der Waals surface area (Å²) >= 11 is 1.65. The van der Waals surface area contributed by atoms with Crippen LogP contribution in [-0.4, -0.2) is 12.6 Å². The zero-order valence-corrected chi connectivity index (χ0v) is 6.65. The molecule has 1 aromatic rings. The summed E-state index contributed by atoms with van der Waals surface area (Å²) in [4.78, 5) is 10.7.